The maximum Gasteiger partial charge on any atom is 0.338 e. The summed E-state index contributed by atoms with van der Waals surface area (Å²) >= 11 is 1.60. The molecular formula is C21H19NO6S. The van der Waals surface area contributed by atoms with Crippen LogP contribution >= 0.6 is 11.3 Å². The molecule has 0 saturated heterocycles. The lowest BCUT2D eigenvalue weighted by molar-refractivity contribution is -0.134. The van der Waals surface area contributed by atoms with Gasteiger partial charge in [0.15, 0.2) is 0 Å². The fraction of sp³-hybridized carbons (Fsp3) is 0.238. The molecule has 0 atom stereocenters. The molecule has 0 spiro atoms. The van der Waals surface area contributed by atoms with Gasteiger partial charge >= 0.3 is 17.9 Å². The van der Waals surface area contributed by atoms with Gasteiger partial charge in [-0.3, -0.25) is 4.79 Å². The van der Waals surface area contributed by atoms with Gasteiger partial charge < -0.3 is 14.2 Å². The fourth-order valence-electron chi connectivity index (χ4n) is 2.72. The molecular weight excluding hydrogens is 394 g/mol. The van der Waals surface area contributed by atoms with Gasteiger partial charge in [-0.25, -0.2) is 14.6 Å². The molecule has 150 valence electrons. The van der Waals surface area contributed by atoms with Crippen molar-refractivity contribution in [3.63, 3.8) is 0 Å². The van der Waals surface area contributed by atoms with Crippen molar-refractivity contribution in [2.24, 2.45) is 0 Å². The largest absolute Gasteiger partial charge is 0.465 e. The lowest BCUT2D eigenvalue weighted by atomic mass is 10.1. The van der Waals surface area contributed by atoms with E-state index in [1.165, 1.54) is 32.4 Å². The van der Waals surface area contributed by atoms with Crippen LogP contribution in [0.2, 0.25) is 0 Å². The third-order valence-electron chi connectivity index (χ3n) is 4.09. The second kappa shape index (κ2) is 9.29. The minimum atomic E-state index is -0.649. The molecule has 29 heavy (non-hydrogen) atoms. The van der Waals surface area contributed by atoms with E-state index in [-0.39, 0.29) is 23.3 Å². The van der Waals surface area contributed by atoms with Crippen LogP contribution in [0.25, 0.3) is 10.2 Å². The molecule has 1 heterocycles. The molecule has 1 aromatic heterocycles. The number of hydrogen-bond donors (Lipinski definition) is 0. The first-order valence-corrected chi connectivity index (χ1v) is 9.68. The summed E-state index contributed by atoms with van der Waals surface area (Å²) in [5.41, 5.74) is 1.13. The zero-order chi connectivity index (χ0) is 20.8. The summed E-state index contributed by atoms with van der Waals surface area (Å²) in [5, 5.41) is 0.958. The van der Waals surface area contributed by atoms with Crippen molar-refractivity contribution in [2.45, 2.75) is 19.3 Å². The lowest BCUT2D eigenvalue weighted by Gasteiger charge is -2.08. The Kier molecular flexibility index (Phi) is 6.56. The molecule has 0 amide bonds. The molecule has 0 N–H and O–H groups in total. The Hall–Kier alpha value is -3.26. The van der Waals surface area contributed by atoms with Crippen LogP contribution in [0.4, 0.5) is 0 Å². The summed E-state index contributed by atoms with van der Waals surface area (Å²) in [5.74, 6) is -1.69. The first-order valence-electron chi connectivity index (χ1n) is 8.87. The van der Waals surface area contributed by atoms with Crippen molar-refractivity contribution < 1.29 is 28.6 Å². The number of aromatic nitrogens is 1. The number of ether oxygens (including phenoxy) is 3. The van der Waals surface area contributed by atoms with Gasteiger partial charge in [-0.15, -0.1) is 11.3 Å². The summed E-state index contributed by atoms with van der Waals surface area (Å²) in [6.07, 6.45) is 1.40. The van der Waals surface area contributed by atoms with Crippen LogP contribution in [0.1, 0.15) is 38.6 Å². The Labute approximate surface area is 171 Å². The minimum absolute atomic E-state index is 0.0817. The molecule has 0 fully saturated rings. The third-order valence-corrected chi connectivity index (χ3v) is 5.19. The predicted molar refractivity (Wildman–Crippen MR) is 107 cm³/mol. The van der Waals surface area contributed by atoms with Crippen LogP contribution in [0.15, 0.2) is 42.5 Å². The van der Waals surface area contributed by atoms with E-state index in [4.69, 9.17) is 4.74 Å². The zero-order valence-electron chi connectivity index (χ0n) is 16.0. The van der Waals surface area contributed by atoms with E-state index in [0.717, 1.165) is 15.2 Å². The Morgan fingerprint density at radius 3 is 2.24 bits per heavy atom. The van der Waals surface area contributed by atoms with Crippen LogP contribution in [-0.4, -0.2) is 37.1 Å². The molecule has 8 heteroatoms. The normalized spacial score (nSPS) is 10.6. The molecule has 3 aromatic rings. The smallest absolute Gasteiger partial charge is 0.338 e. The number of rotatable bonds is 7. The Bertz CT molecular complexity index is 991. The van der Waals surface area contributed by atoms with Crippen LogP contribution in [0, 0.1) is 0 Å². The van der Waals surface area contributed by atoms with Gasteiger partial charge in [-0.05, 0) is 43.2 Å². The van der Waals surface area contributed by atoms with Gasteiger partial charge in [0.1, 0.15) is 5.75 Å². The summed E-state index contributed by atoms with van der Waals surface area (Å²) in [4.78, 5) is 40.3. The van der Waals surface area contributed by atoms with Gasteiger partial charge in [0.05, 0.1) is 40.6 Å². The first kappa shape index (κ1) is 20.5. The van der Waals surface area contributed by atoms with Crippen molar-refractivity contribution >= 4 is 39.5 Å². The zero-order valence-corrected chi connectivity index (χ0v) is 16.8. The van der Waals surface area contributed by atoms with Gasteiger partial charge in [-0.2, -0.15) is 0 Å². The van der Waals surface area contributed by atoms with Crippen LogP contribution in [0.3, 0.4) is 0 Å². The summed E-state index contributed by atoms with van der Waals surface area (Å²) < 4.78 is 15.8. The van der Waals surface area contributed by atoms with Crippen molar-refractivity contribution in [1.29, 1.82) is 0 Å². The number of aryl methyl sites for hydroxylation is 1. The van der Waals surface area contributed by atoms with E-state index in [2.05, 4.69) is 14.5 Å². The third kappa shape index (κ3) is 5.17. The average molecular weight is 413 g/mol. The predicted octanol–water partition coefficient (Wildman–Crippen LogP) is 3.80. The number of para-hydroxylation sites is 1. The SMILES string of the molecule is COC(=O)c1cc(OC(=O)CCCc2nc3ccccc3s2)cc(C(=O)OC)c1. The van der Waals surface area contributed by atoms with Crippen molar-refractivity contribution in [2.75, 3.05) is 14.2 Å². The molecule has 0 saturated carbocycles. The van der Waals surface area contributed by atoms with Gasteiger partial charge in [0.25, 0.3) is 0 Å². The van der Waals surface area contributed by atoms with Crippen molar-refractivity contribution in [3.8, 4) is 5.75 Å². The minimum Gasteiger partial charge on any atom is -0.465 e. The van der Waals surface area contributed by atoms with E-state index in [1.54, 1.807) is 11.3 Å². The number of hydrogen-bond acceptors (Lipinski definition) is 8. The summed E-state index contributed by atoms with van der Waals surface area (Å²) in [7, 11) is 2.45. The standard InChI is InChI=1S/C21H19NO6S/c1-26-20(24)13-10-14(21(25)27-2)12-15(11-13)28-19(23)9-5-8-18-22-16-6-3-4-7-17(16)29-18/h3-4,6-7,10-12H,5,8-9H2,1-2H3. The number of esters is 3. The lowest BCUT2D eigenvalue weighted by Crippen LogP contribution is -2.11. The highest BCUT2D eigenvalue weighted by molar-refractivity contribution is 7.18. The number of benzene rings is 2. The van der Waals surface area contributed by atoms with Crippen LogP contribution < -0.4 is 4.74 Å². The first-order chi connectivity index (χ1) is 14.0. The topological polar surface area (TPSA) is 91.8 Å². The maximum atomic E-state index is 12.2. The highest BCUT2D eigenvalue weighted by Crippen LogP contribution is 2.23. The number of nitrogens with zero attached hydrogens (tertiary/aromatic N) is 1. The fourth-order valence-corrected chi connectivity index (χ4v) is 3.73. The van der Waals surface area contributed by atoms with Crippen LogP contribution in [0.5, 0.6) is 5.75 Å². The molecule has 0 aliphatic heterocycles. The summed E-state index contributed by atoms with van der Waals surface area (Å²) in [6, 6.07) is 11.9. The average Bonchev–Trinajstić information content (AvgIpc) is 3.15. The molecule has 7 nitrogen and oxygen atoms in total. The highest BCUT2D eigenvalue weighted by atomic mass is 32.1. The van der Waals surface area contributed by atoms with Crippen molar-refractivity contribution in [3.05, 3.63) is 58.6 Å². The van der Waals surface area contributed by atoms with E-state index in [1.807, 2.05) is 24.3 Å². The number of methoxy groups -OCH3 is 2. The number of thiazole rings is 1. The molecule has 0 aliphatic carbocycles. The van der Waals surface area contributed by atoms with Gasteiger partial charge in [0.2, 0.25) is 0 Å². The van der Waals surface area contributed by atoms with E-state index in [0.29, 0.717) is 12.8 Å². The summed E-state index contributed by atoms with van der Waals surface area (Å²) in [6.45, 7) is 0. The Morgan fingerprint density at radius 2 is 1.62 bits per heavy atom. The second-order valence-corrected chi connectivity index (χ2v) is 7.25. The second-order valence-electron chi connectivity index (χ2n) is 6.13. The van der Waals surface area contributed by atoms with E-state index >= 15 is 0 Å². The molecule has 0 bridgehead atoms. The Balaban J connectivity index is 1.63. The van der Waals surface area contributed by atoms with E-state index in [9.17, 15) is 14.4 Å². The molecule has 0 unspecified atom stereocenters. The molecule has 0 radical (unpaired) electrons. The van der Waals surface area contributed by atoms with E-state index < -0.39 is 17.9 Å². The molecule has 2 aromatic carbocycles. The molecule has 3 rings (SSSR count). The van der Waals surface area contributed by atoms with Gasteiger partial charge in [-0.1, -0.05) is 12.1 Å². The quantitative estimate of drug-likeness (QED) is 0.430. The highest BCUT2D eigenvalue weighted by Gasteiger charge is 2.16. The maximum absolute atomic E-state index is 12.2. The number of carbonyl (C=O) groups excluding carboxylic acids is 3. The van der Waals surface area contributed by atoms with Gasteiger partial charge in [0, 0.05) is 6.42 Å². The number of fused-ring (bicyclic) bond motifs is 1. The Morgan fingerprint density at radius 1 is 0.966 bits per heavy atom. The van der Waals surface area contributed by atoms with Crippen LogP contribution in [-0.2, 0) is 20.7 Å². The number of carbonyl (C=O) groups is 3. The monoisotopic (exact) mass is 413 g/mol. The molecule has 0 aliphatic rings. The van der Waals surface area contributed by atoms with Crippen molar-refractivity contribution in [1.82, 2.24) is 4.98 Å².